The summed E-state index contributed by atoms with van der Waals surface area (Å²) in [6.45, 7) is 6.57. The van der Waals surface area contributed by atoms with Crippen LogP contribution < -0.4 is 0 Å². The molecular weight excluding hydrogens is 350 g/mol. The molecular formula is C20H21NO4S. The molecule has 0 spiro atoms. The molecule has 0 bridgehead atoms. The Morgan fingerprint density at radius 2 is 1.81 bits per heavy atom. The fourth-order valence-corrected chi connectivity index (χ4v) is 5.00. The van der Waals surface area contributed by atoms with Gasteiger partial charge in [-0.15, -0.1) is 0 Å². The number of ether oxygens (including phenoxy) is 2. The number of hydrogen-bond acceptors (Lipinski definition) is 4. The first-order valence-electron chi connectivity index (χ1n) is 8.55. The van der Waals surface area contributed by atoms with Gasteiger partial charge in [0.05, 0.1) is 29.8 Å². The molecule has 2 aliphatic rings. The predicted molar refractivity (Wildman–Crippen MR) is 97.9 cm³/mol. The molecule has 26 heavy (non-hydrogen) atoms. The van der Waals surface area contributed by atoms with Crippen molar-refractivity contribution in [2.45, 2.75) is 36.7 Å². The number of nitrogens with zero attached hydrogens (tertiary/aromatic N) is 1. The van der Waals surface area contributed by atoms with Gasteiger partial charge in [0.2, 0.25) is 0 Å². The number of fused-ring (bicyclic) bond motifs is 1. The van der Waals surface area contributed by atoms with Crippen molar-refractivity contribution < 1.29 is 17.9 Å². The monoisotopic (exact) mass is 371 g/mol. The molecule has 4 rings (SSSR count). The van der Waals surface area contributed by atoms with Crippen LogP contribution >= 0.6 is 0 Å². The Balaban J connectivity index is 1.52. The standard InChI is InChI=1S/C20H21NO4S/c1-14-8-10-17(11-9-14)26(22,23)21-15(2)19-20(25-19)18(21)13-24-12-16-6-4-3-5-7-16/h3-11,18-20H,2,12-13H2,1H3/t18-,19+,20-/m1/s1. The molecule has 2 heterocycles. The minimum atomic E-state index is -3.68. The van der Waals surface area contributed by atoms with E-state index in [1.54, 1.807) is 24.3 Å². The molecule has 3 atom stereocenters. The highest BCUT2D eigenvalue weighted by Crippen LogP contribution is 2.46. The lowest BCUT2D eigenvalue weighted by atomic mass is 10.2. The lowest BCUT2D eigenvalue weighted by Crippen LogP contribution is -2.41. The van der Waals surface area contributed by atoms with Crippen molar-refractivity contribution in [2.75, 3.05) is 6.61 Å². The second-order valence-electron chi connectivity index (χ2n) is 6.69. The zero-order chi connectivity index (χ0) is 18.3. The number of rotatable bonds is 6. The van der Waals surface area contributed by atoms with Crippen LogP contribution in [0, 0.1) is 6.92 Å². The van der Waals surface area contributed by atoms with E-state index in [9.17, 15) is 8.42 Å². The highest BCUT2D eigenvalue weighted by molar-refractivity contribution is 7.89. The number of benzene rings is 2. The Morgan fingerprint density at radius 3 is 2.50 bits per heavy atom. The van der Waals surface area contributed by atoms with E-state index in [1.807, 2.05) is 37.3 Å². The zero-order valence-electron chi connectivity index (χ0n) is 14.5. The average molecular weight is 371 g/mol. The molecule has 2 aromatic rings. The Bertz CT molecular complexity index is 909. The molecule has 136 valence electrons. The van der Waals surface area contributed by atoms with Crippen LogP contribution in [0.4, 0.5) is 0 Å². The van der Waals surface area contributed by atoms with Crippen molar-refractivity contribution >= 4 is 10.0 Å². The minimum absolute atomic E-state index is 0.168. The van der Waals surface area contributed by atoms with Crippen molar-refractivity contribution in [1.82, 2.24) is 4.31 Å². The fraction of sp³-hybridized carbons (Fsp3) is 0.300. The van der Waals surface area contributed by atoms with Crippen molar-refractivity contribution in [3.8, 4) is 0 Å². The Morgan fingerprint density at radius 1 is 1.12 bits per heavy atom. The van der Waals surface area contributed by atoms with Gasteiger partial charge in [0, 0.05) is 0 Å². The van der Waals surface area contributed by atoms with Gasteiger partial charge in [0.15, 0.2) is 0 Å². The molecule has 0 saturated carbocycles. The first kappa shape index (κ1) is 17.3. The highest BCUT2D eigenvalue weighted by Gasteiger charge is 2.60. The number of morpholine rings is 1. The summed E-state index contributed by atoms with van der Waals surface area (Å²) in [5, 5.41) is 0. The molecule has 2 fully saturated rings. The molecule has 6 heteroatoms. The maximum atomic E-state index is 13.1. The fourth-order valence-electron chi connectivity index (χ4n) is 3.35. The van der Waals surface area contributed by atoms with Gasteiger partial charge in [0.1, 0.15) is 12.2 Å². The molecule has 0 aliphatic carbocycles. The lowest BCUT2D eigenvalue weighted by Gasteiger charge is -2.29. The van der Waals surface area contributed by atoms with Crippen LogP contribution in [-0.4, -0.2) is 37.6 Å². The quantitative estimate of drug-likeness (QED) is 0.733. The van der Waals surface area contributed by atoms with E-state index in [2.05, 4.69) is 6.58 Å². The summed E-state index contributed by atoms with van der Waals surface area (Å²) in [5.74, 6) is 0. The van der Waals surface area contributed by atoms with Crippen LogP contribution in [0.3, 0.4) is 0 Å². The van der Waals surface area contributed by atoms with Crippen LogP contribution in [0.5, 0.6) is 0 Å². The Hall–Kier alpha value is -2.15. The van der Waals surface area contributed by atoms with Crippen LogP contribution in [0.25, 0.3) is 0 Å². The van der Waals surface area contributed by atoms with Gasteiger partial charge in [-0.3, -0.25) is 4.31 Å². The normalized spacial score (nSPS) is 24.6. The third-order valence-corrected chi connectivity index (χ3v) is 6.69. The molecule has 0 radical (unpaired) electrons. The van der Waals surface area contributed by atoms with Gasteiger partial charge in [-0.25, -0.2) is 8.42 Å². The summed E-state index contributed by atoms with van der Waals surface area (Å²) in [6.07, 6.45) is -0.390. The summed E-state index contributed by atoms with van der Waals surface area (Å²) in [4.78, 5) is 0.263. The number of hydrogen-bond donors (Lipinski definition) is 0. The van der Waals surface area contributed by atoms with Gasteiger partial charge >= 0.3 is 0 Å². The molecule has 2 saturated heterocycles. The summed E-state index contributed by atoms with van der Waals surface area (Å²) in [6, 6.07) is 16.3. The average Bonchev–Trinajstić information content (AvgIpc) is 3.37. The minimum Gasteiger partial charge on any atom is -0.374 e. The first-order chi connectivity index (χ1) is 12.5. The van der Waals surface area contributed by atoms with Crippen molar-refractivity contribution in [3.05, 3.63) is 78.0 Å². The number of aryl methyl sites for hydroxylation is 1. The Labute approximate surface area is 153 Å². The topological polar surface area (TPSA) is 59.1 Å². The largest absolute Gasteiger partial charge is 0.374 e. The molecule has 0 unspecified atom stereocenters. The van der Waals surface area contributed by atoms with Gasteiger partial charge < -0.3 is 9.47 Å². The van der Waals surface area contributed by atoms with Crippen LogP contribution in [0.15, 0.2) is 71.8 Å². The van der Waals surface area contributed by atoms with Crippen molar-refractivity contribution in [1.29, 1.82) is 0 Å². The van der Waals surface area contributed by atoms with Crippen LogP contribution in [-0.2, 0) is 26.1 Å². The first-order valence-corrected chi connectivity index (χ1v) is 9.99. The molecule has 0 amide bonds. The van der Waals surface area contributed by atoms with E-state index in [0.717, 1.165) is 11.1 Å². The van der Waals surface area contributed by atoms with E-state index in [-0.39, 0.29) is 29.8 Å². The van der Waals surface area contributed by atoms with Crippen LogP contribution in [0.1, 0.15) is 11.1 Å². The second kappa shape index (κ2) is 6.54. The predicted octanol–water partition coefficient (Wildman–Crippen LogP) is 2.87. The molecule has 0 aromatic heterocycles. The van der Waals surface area contributed by atoms with E-state index >= 15 is 0 Å². The van der Waals surface area contributed by atoms with E-state index in [1.165, 1.54) is 4.31 Å². The number of sulfonamides is 1. The third kappa shape index (κ3) is 3.05. The molecule has 5 nitrogen and oxygen atoms in total. The smallest absolute Gasteiger partial charge is 0.264 e. The summed E-state index contributed by atoms with van der Waals surface area (Å²) in [7, 11) is -3.68. The van der Waals surface area contributed by atoms with Gasteiger partial charge in [-0.05, 0) is 24.6 Å². The molecule has 2 aromatic carbocycles. The molecule has 2 aliphatic heterocycles. The van der Waals surface area contributed by atoms with Gasteiger partial charge in [0.25, 0.3) is 10.0 Å². The number of epoxide rings is 1. The summed E-state index contributed by atoms with van der Waals surface area (Å²) < 4.78 is 39.0. The van der Waals surface area contributed by atoms with E-state index in [4.69, 9.17) is 9.47 Å². The maximum absolute atomic E-state index is 13.1. The molecule has 0 N–H and O–H groups in total. The summed E-state index contributed by atoms with van der Waals surface area (Å²) in [5.41, 5.74) is 2.55. The van der Waals surface area contributed by atoms with E-state index < -0.39 is 10.0 Å². The SMILES string of the molecule is C=C1[C@@H]2O[C@@H]2[C@@H](COCc2ccccc2)N1S(=O)(=O)c1ccc(C)cc1. The summed E-state index contributed by atoms with van der Waals surface area (Å²) >= 11 is 0. The van der Waals surface area contributed by atoms with Gasteiger partial charge in [-0.1, -0.05) is 54.6 Å². The maximum Gasteiger partial charge on any atom is 0.264 e. The van der Waals surface area contributed by atoms with Gasteiger partial charge in [-0.2, -0.15) is 0 Å². The lowest BCUT2D eigenvalue weighted by molar-refractivity contribution is 0.0723. The second-order valence-corrected chi connectivity index (χ2v) is 8.51. The van der Waals surface area contributed by atoms with Crippen molar-refractivity contribution in [2.24, 2.45) is 0 Å². The van der Waals surface area contributed by atoms with Crippen molar-refractivity contribution in [3.63, 3.8) is 0 Å². The third-order valence-electron chi connectivity index (χ3n) is 4.80. The van der Waals surface area contributed by atoms with Crippen LogP contribution in [0.2, 0.25) is 0 Å². The zero-order valence-corrected chi connectivity index (χ0v) is 15.4. The van der Waals surface area contributed by atoms with E-state index in [0.29, 0.717) is 12.3 Å². The Kier molecular flexibility index (Phi) is 4.34. The highest BCUT2D eigenvalue weighted by atomic mass is 32.2.